The van der Waals surface area contributed by atoms with Crippen LogP contribution in [0.15, 0.2) is 36.4 Å². The van der Waals surface area contributed by atoms with Gasteiger partial charge in [0.05, 0.1) is 0 Å². The SMILES string of the molecule is CC(Nc1ccc(OC(F)(F)F)cc1)C1CC2C=CC1C2. The first kappa shape index (κ1) is 14.3. The molecule has 1 N–H and O–H groups in total. The molecule has 0 heterocycles. The first-order valence-corrected chi connectivity index (χ1v) is 7.21. The van der Waals surface area contributed by atoms with E-state index in [9.17, 15) is 13.2 Å². The Hall–Kier alpha value is -1.65. The highest BCUT2D eigenvalue weighted by molar-refractivity contribution is 5.47. The van der Waals surface area contributed by atoms with Crippen LogP contribution in [0.5, 0.6) is 5.75 Å². The number of hydrogen-bond donors (Lipinski definition) is 1. The standard InChI is InChI=1S/C16H18F3NO/c1-10(15-9-11-2-3-12(15)8-11)20-13-4-6-14(7-5-13)21-16(17,18)19/h2-7,10-12,15,20H,8-9H2,1H3. The lowest BCUT2D eigenvalue weighted by atomic mass is 9.87. The lowest BCUT2D eigenvalue weighted by Crippen LogP contribution is -2.28. The number of ether oxygens (including phenoxy) is 1. The summed E-state index contributed by atoms with van der Waals surface area (Å²) in [5.74, 6) is 1.77. The lowest BCUT2D eigenvalue weighted by molar-refractivity contribution is -0.274. The zero-order valence-corrected chi connectivity index (χ0v) is 11.7. The molecule has 0 saturated heterocycles. The van der Waals surface area contributed by atoms with Crippen LogP contribution in [-0.4, -0.2) is 12.4 Å². The van der Waals surface area contributed by atoms with Crippen LogP contribution in [0.25, 0.3) is 0 Å². The second-order valence-corrected chi connectivity index (χ2v) is 5.95. The summed E-state index contributed by atoms with van der Waals surface area (Å²) < 4.78 is 40.2. The normalized spacial score (nSPS) is 28.7. The van der Waals surface area contributed by atoms with Gasteiger partial charge >= 0.3 is 6.36 Å². The van der Waals surface area contributed by atoms with Crippen molar-refractivity contribution in [3.8, 4) is 5.75 Å². The number of anilines is 1. The minimum absolute atomic E-state index is 0.191. The van der Waals surface area contributed by atoms with Gasteiger partial charge in [0, 0.05) is 11.7 Å². The summed E-state index contributed by atoms with van der Waals surface area (Å²) in [5.41, 5.74) is 0.823. The van der Waals surface area contributed by atoms with Gasteiger partial charge in [0.25, 0.3) is 0 Å². The number of nitrogens with one attached hydrogen (secondary N) is 1. The van der Waals surface area contributed by atoms with Crippen LogP contribution in [0, 0.1) is 17.8 Å². The van der Waals surface area contributed by atoms with Crippen molar-refractivity contribution in [2.24, 2.45) is 17.8 Å². The Morgan fingerprint density at radius 3 is 2.38 bits per heavy atom. The van der Waals surface area contributed by atoms with E-state index in [2.05, 4.69) is 29.1 Å². The molecular weight excluding hydrogens is 279 g/mol. The predicted octanol–water partition coefficient (Wildman–Crippen LogP) is 4.60. The Balaban J connectivity index is 1.59. The highest BCUT2D eigenvalue weighted by Gasteiger charge is 2.38. The van der Waals surface area contributed by atoms with Gasteiger partial charge in [-0.1, -0.05) is 12.2 Å². The number of alkyl halides is 3. The van der Waals surface area contributed by atoms with E-state index >= 15 is 0 Å². The van der Waals surface area contributed by atoms with E-state index in [-0.39, 0.29) is 5.75 Å². The molecule has 0 amide bonds. The van der Waals surface area contributed by atoms with Gasteiger partial charge < -0.3 is 10.1 Å². The predicted molar refractivity (Wildman–Crippen MR) is 75.1 cm³/mol. The average Bonchev–Trinajstić information content (AvgIpc) is 3.01. The molecule has 2 nitrogen and oxygen atoms in total. The molecule has 5 heteroatoms. The summed E-state index contributed by atoms with van der Waals surface area (Å²) in [6, 6.07) is 6.23. The Labute approximate surface area is 122 Å². The van der Waals surface area contributed by atoms with Crippen molar-refractivity contribution in [3.63, 3.8) is 0 Å². The minimum atomic E-state index is -4.64. The molecule has 4 unspecified atom stereocenters. The van der Waals surface area contributed by atoms with Crippen molar-refractivity contribution in [3.05, 3.63) is 36.4 Å². The molecule has 2 aliphatic rings. The van der Waals surface area contributed by atoms with Gasteiger partial charge in [-0.15, -0.1) is 13.2 Å². The second kappa shape index (κ2) is 5.28. The quantitative estimate of drug-likeness (QED) is 0.820. The highest BCUT2D eigenvalue weighted by atomic mass is 19.4. The van der Waals surface area contributed by atoms with Gasteiger partial charge in [0.2, 0.25) is 0 Å². The molecule has 114 valence electrons. The molecule has 0 radical (unpaired) electrons. The average molecular weight is 297 g/mol. The molecule has 0 aromatic heterocycles. The highest BCUT2D eigenvalue weighted by Crippen LogP contribution is 2.45. The van der Waals surface area contributed by atoms with Crippen molar-refractivity contribution < 1.29 is 17.9 Å². The van der Waals surface area contributed by atoms with Crippen molar-refractivity contribution in [1.29, 1.82) is 0 Å². The zero-order chi connectivity index (χ0) is 15.0. The number of halogens is 3. The van der Waals surface area contributed by atoms with Gasteiger partial charge in [0.15, 0.2) is 0 Å². The second-order valence-electron chi connectivity index (χ2n) is 5.95. The van der Waals surface area contributed by atoms with E-state index in [1.165, 1.54) is 25.0 Å². The molecule has 0 aliphatic heterocycles. The van der Waals surface area contributed by atoms with Gasteiger partial charge in [-0.2, -0.15) is 0 Å². The van der Waals surface area contributed by atoms with E-state index in [1.807, 2.05) is 0 Å². The van der Waals surface area contributed by atoms with Gasteiger partial charge in [-0.25, -0.2) is 0 Å². The Kier molecular flexibility index (Phi) is 3.59. The molecule has 2 aliphatic carbocycles. The van der Waals surface area contributed by atoms with Crippen LogP contribution in [-0.2, 0) is 0 Å². The molecule has 1 fully saturated rings. The lowest BCUT2D eigenvalue weighted by Gasteiger charge is -2.27. The van der Waals surface area contributed by atoms with E-state index < -0.39 is 6.36 Å². The summed E-state index contributed by atoms with van der Waals surface area (Å²) in [5, 5.41) is 3.39. The summed E-state index contributed by atoms with van der Waals surface area (Å²) in [6.45, 7) is 2.14. The minimum Gasteiger partial charge on any atom is -0.406 e. The maximum absolute atomic E-state index is 12.1. The topological polar surface area (TPSA) is 21.3 Å². The Morgan fingerprint density at radius 2 is 1.86 bits per heavy atom. The van der Waals surface area contributed by atoms with Crippen molar-refractivity contribution in [2.45, 2.75) is 32.2 Å². The third-order valence-electron chi connectivity index (χ3n) is 4.45. The number of hydrogen-bond acceptors (Lipinski definition) is 2. The van der Waals surface area contributed by atoms with Crippen LogP contribution < -0.4 is 10.1 Å². The first-order chi connectivity index (χ1) is 9.90. The molecule has 4 atom stereocenters. The molecule has 21 heavy (non-hydrogen) atoms. The summed E-state index contributed by atoms with van der Waals surface area (Å²) in [6.07, 6.45) is 2.41. The first-order valence-electron chi connectivity index (χ1n) is 7.21. The fraction of sp³-hybridized carbons (Fsp3) is 0.500. The van der Waals surface area contributed by atoms with E-state index in [0.29, 0.717) is 23.8 Å². The fourth-order valence-electron chi connectivity index (χ4n) is 3.52. The van der Waals surface area contributed by atoms with Crippen LogP contribution in [0.2, 0.25) is 0 Å². The van der Waals surface area contributed by atoms with Gasteiger partial charge in [0.1, 0.15) is 5.75 Å². The van der Waals surface area contributed by atoms with Crippen molar-refractivity contribution in [2.75, 3.05) is 5.32 Å². The third kappa shape index (κ3) is 3.34. The summed E-state index contributed by atoms with van der Waals surface area (Å²) >= 11 is 0. The molecule has 2 bridgehead atoms. The number of allylic oxidation sites excluding steroid dienone is 2. The van der Waals surface area contributed by atoms with Crippen molar-refractivity contribution in [1.82, 2.24) is 0 Å². The van der Waals surface area contributed by atoms with Crippen LogP contribution >= 0.6 is 0 Å². The Bertz CT molecular complexity index is 523. The maximum atomic E-state index is 12.1. The van der Waals surface area contributed by atoms with E-state index in [1.54, 1.807) is 12.1 Å². The molecular formula is C16H18F3NO. The molecule has 3 rings (SSSR count). The third-order valence-corrected chi connectivity index (χ3v) is 4.45. The van der Waals surface area contributed by atoms with Gasteiger partial charge in [-0.05, 0) is 61.8 Å². The summed E-state index contributed by atoms with van der Waals surface area (Å²) in [7, 11) is 0. The molecule has 1 aromatic carbocycles. The largest absolute Gasteiger partial charge is 0.573 e. The molecule has 1 aromatic rings. The Morgan fingerprint density at radius 1 is 1.14 bits per heavy atom. The zero-order valence-electron chi connectivity index (χ0n) is 11.7. The van der Waals surface area contributed by atoms with E-state index in [4.69, 9.17) is 0 Å². The maximum Gasteiger partial charge on any atom is 0.573 e. The number of benzene rings is 1. The van der Waals surface area contributed by atoms with Crippen LogP contribution in [0.4, 0.5) is 18.9 Å². The van der Waals surface area contributed by atoms with Crippen LogP contribution in [0.1, 0.15) is 19.8 Å². The number of fused-ring (bicyclic) bond motifs is 2. The summed E-state index contributed by atoms with van der Waals surface area (Å²) in [4.78, 5) is 0. The number of rotatable bonds is 4. The van der Waals surface area contributed by atoms with Crippen molar-refractivity contribution >= 4 is 5.69 Å². The molecule has 1 saturated carbocycles. The monoisotopic (exact) mass is 297 g/mol. The molecule has 0 spiro atoms. The van der Waals surface area contributed by atoms with Crippen LogP contribution in [0.3, 0.4) is 0 Å². The fourth-order valence-corrected chi connectivity index (χ4v) is 3.52. The van der Waals surface area contributed by atoms with E-state index in [0.717, 1.165) is 5.69 Å². The van der Waals surface area contributed by atoms with Gasteiger partial charge in [-0.3, -0.25) is 0 Å². The smallest absolute Gasteiger partial charge is 0.406 e.